The molecule has 0 saturated heterocycles. The van der Waals surface area contributed by atoms with E-state index in [2.05, 4.69) is 36.1 Å². The van der Waals surface area contributed by atoms with Crippen LogP contribution in [0.2, 0.25) is 0 Å². The molecule has 1 amide bonds. The van der Waals surface area contributed by atoms with Gasteiger partial charge >= 0.3 is 174 Å². The van der Waals surface area contributed by atoms with Crippen molar-refractivity contribution in [2.24, 2.45) is 5.73 Å². The molecule has 2 aromatic heterocycles. The molecular weight excluding hydrogens is 439 g/mol. The van der Waals surface area contributed by atoms with E-state index >= 15 is 0 Å². The molecule has 3 rings (SSSR count). The van der Waals surface area contributed by atoms with E-state index in [0.717, 1.165) is 4.44 Å². The van der Waals surface area contributed by atoms with E-state index in [9.17, 15) is 15.0 Å². The number of carbonyl (C=O) groups excluding carboxylic acids is 1. The van der Waals surface area contributed by atoms with Gasteiger partial charge in [-0.1, -0.05) is 0 Å². The van der Waals surface area contributed by atoms with Crippen LogP contribution in [0.15, 0.2) is 18.5 Å². The number of aliphatic hydroxyl groups excluding tert-OH is 2. The number of anilines is 2. The van der Waals surface area contributed by atoms with Crippen molar-refractivity contribution >= 4 is 42.8 Å². The van der Waals surface area contributed by atoms with Gasteiger partial charge in [-0.3, -0.25) is 0 Å². The Morgan fingerprint density at radius 1 is 1.24 bits per heavy atom. The standard InChI is InChI=1S/C20H24N4O4Se/c1-20(2,3)14-6-13(17(29-14)18(21)27)24-19-11-5-10(7-25)12(8-26)16(28-4)15(11)22-9-23-19/h5-6,9,25-26H,7-8H2,1-4H3,(H2,21,27)(H,22,23,24). The van der Waals surface area contributed by atoms with Crippen molar-refractivity contribution < 1.29 is 19.7 Å². The van der Waals surface area contributed by atoms with Gasteiger partial charge < -0.3 is 0 Å². The molecule has 0 spiro atoms. The van der Waals surface area contributed by atoms with Crippen molar-refractivity contribution in [2.75, 3.05) is 12.4 Å². The van der Waals surface area contributed by atoms with E-state index in [-0.39, 0.29) is 33.1 Å². The summed E-state index contributed by atoms with van der Waals surface area (Å²) in [5.41, 5.74) is 7.65. The first-order valence-corrected chi connectivity index (χ1v) is 10.7. The van der Waals surface area contributed by atoms with Crippen molar-refractivity contribution in [3.05, 3.63) is 38.5 Å². The van der Waals surface area contributed by atoms with Crippen LogP contribution in [0.3, 0.4) is 0 Å². The number of benzene rings is 1. The summed E-state index contributed by atoms with van der Waals surface area (Å²) in [6.07, 6.45) is 1.38. The summed E-state index contributed by atoms with van der Waals surface area (Å²) in [4.78, 5) is 20.6. The number of amides is 1. The van der Waals surface area contributed by atoms with Crippen LogP contribution >= 0.6 is 0 Å². The molecule has 0 aliphatic heterocycles. The van der Waals surface area contributed by atoms with E-state index in [0.29, 0.717) is 43.7 Å². The molecule has 154 valence electrons. The third-order valence-electron chi connectivity index (χ3n) is 4.56. The number of aromatic nitrogens is 2. The Bertz CT molecular complexity index is 1070. The van der Waals surface area contributed by atoms with Gasteiger partial charge in [0, 0.05) is 0 Å². The zero-order chi connectivity index (χ0) is 21.3. The third-order valence-corrected chi connectivity index (χ3v) is 7.87. The molecule has 0 radical (unpaired) electrons. The minimum atomic E-state index is -0.461. The van der Waals surface area contributed by atoms with E-state index < -0.39 is 5.91 Å². The minimum absolute atomic E-state index is 0.0822. The van der Waals surface area contributed by atoms with E-state index in [4.69, 9.17) is 10.5 Å². The summed E-state index contributed by atoms with van der Waals surface area (Å²) in [6.45, 7) is 5.72. The van der Waals surface area contributed by atoms with Gasteiger partial charge in [-0.15, -0.1) is 0 Å². The number of rotatable bonds is 6. The van der Waals surface area contributed by atoms with Crippen LogP contribution in [0.5, 0.6) is 5.75 Å². The monoisotopic (exact) mass is 464 g/mol. The molecule has 0 fully saturated rings. The first kappa shape index (κ1) is 21.3. The second-order valence-corrected chi connectivity index (χ2v) is 9.78. The molecule has 3 aromatic rings. The topological polar surface area (TPSA) is 131 Å². The van der Waals surface area contributed by atoms with Gasteiger partial charge in [0.1, 0.15) is 0 Å². The van der Waals surface area contributed by atoms with Gasteiger partial charge in [0.2, 0.25) is 0 Å². The molecule has 0 atom stereocenters. The van der Waals surface area contributed by atoms with Crippen LogP contribution < -0.4 is 15.8 Å². The fourth-order valence-corrected chi connectivity index (χ4v) is 5.21. The SMILES string of the molecule is COc1c(CO)c(CO)cc2c(Nc3cc(C(C)(C)C)[se]c3C(N)=O)ncnc12. The van der Waals surface area contributed by atoms with Gasteiger partial charge in [-0.2, -0.15) is 0 Å². The Kier molecular flexibility index (Phi) is 5.95. The second kappa shape index (κ2) is 8.12. The van der Waals surface area contributed by atoms with Crippen molar-refractivity contribution in [3.63, 3.8) is 0 Å². The number of primary amides is 1. The summed E-state index contributed by atoms with van der Waals surface area (Å²) in [5.74, 6) is 0.381. The zero-order valence-electron chi connectivity index (χ0n) is 16.7. The Morgan fingerprint density at radius 3 is 2.52 bits per heavy atom. The fraction of sp³-hybridized carbons (Fsp3) is 0.350. The Hall–Kier alpha value is -2.45. The number of nitrogens with two attached hydrogens (primary N) is 1. The number of nitrogens with one attached hydrogen (secondary N) is 1. The van der Waals surface area contributed by atoms with Crippen LogP contribution in [0, 0.1) is 0 Å². The van der Waals surface area contributed by atoms with E-state index in [1.807, 2.05) is 6.07 Å². The van der Waals surface area contributed by atoms with Crippen molar-refractivity contribution in [3.8, 4) is 5.75 Å². The summed E-state index contributed by atoms with van der Waals surface area (Å²) in [7, 11) is 1.48. The molecule has 2 heterocycles. The molecule has 5 N–H and O–H groups in total. The van der Waals surface area contributed by atoms with Gasteiger partial charge in [-0.05, 0) is 0 Å². The number of methoxy groups -OCH3 is 1. The summed E-state index contributed by atoms with van der Waals surface area (Å²) >= 11 is -0.173. The number of fused-ring (bicyclic) bond motifs is 1. The van der Waals surface area contributed by atoms with Crippen LogP contribution in [-0.2, 0) is 18.6 Å². The number of carbonyl (C=O) groups is 1. The molecule has 1 aromatic carbocycles. The molecular formula is C20H24N4O4Se. The normalized spacial score (nSPS) is 11.7. The molecule has 29 heavy (non-hydrogen) atoms. The van der Waals surface area contributed by atoms with Crippen molar-refractivity contribution in [1.29, 1.82) is 0 Å². The van der Waals surface area contributed by atoms with Crippen LogP contribution in [0.1, 0.15) is 45.6 Å². The van der Waals surface area contributed by atoms with Crippen LogP contribution in [-0.4, -0.2) is 47.7 Å². The van der Waals surface area contributed by atoms with Crippen molar-refractivity contribution in [2.45, 2.75) is 39.4 Å². The maximum atomic E-state index is 12.0. The third kappa shape index (κ3) is 4.00. The molecule has 9 heteroatoms. The molecule has 0 unspecified atom stereocenters. The van der Waals surface area contributed by atoms with Crippen LogP contribution in [0.25, 0.3) is 10.9 Å². The van der Waals surface area contributed by atoms with Gasteiger partial charge in [-0.25, -0.2) is 0 Å². The predicted octanol–water partition coefficient (Wildman–Crippen LogP) is 1.82. The molecule has 8 nitrogen and oxygen atoms in total. The average molecular weight is 463 g/mol. The Balaban J connectivity index is 2.20. The van der Waals surface area contributed by atoms with Crippen molar-refractivity contribution in [1.82, 2.24) is 9.97 Å². The second-order valence-electron chi connectivity index (χ2n) is 7.57. The summed E-state index contributed by atoms with van der Waals surface area (Å²) < 4.78 is 7.15. The quantitative estimate of drug-likeness (QED) is 0.410. The number of hydrogen-bond donors (Lipinski definition) is 4. The summed E-state index contributed by atoms with van der Waals surface area (Å²) in [6, 6.07) is 3.67. The van der Waals surface area contributed by atoms with Gasteiger partial charge in [0.25, 0.3) is 0 Å². The average Bonchev–Trinajstić information content (AvgIpc) is 3.11. The number of hydrogen-bond acceptors (Lipinski definition) is 7. The molecule has 0 aliphatic carbocycles. The Labute approximate surface area is 174 Å². The van der Waals surface area contributed by atoms with E-state index in [1.54, 1.807) is 6.07 Å². The summed E-state index contributed by atoms with van der Waals surface area (Å²) in [5, 5.41) is 23.3. The predicted molar refractivity (Wildman–Crippen MR) is 112 cm³/mol. The first-order valence-electron chi connectivity index (χ1n) is 8.97. The zero-order valence-corrected chi connectivity index (χ0v) is 18.5. The molecule has 0 saturated carbocycles. The Morgan fingerprint density at radius 2 is 1.97 bits per heavy atom. The number of nitrogens with zero attached hydrogens (tertiary/aromatic N) is 2. The maximum absolute atomic E-state index is 12.0. The first-order chi connectivity index (χ1) is 13.7. The van der Waals surface area contributed by atoms with E-state index in [1.165, 1.54) is 13.4 Å². The van der Waals surface area contributed by atoms with Crippen LogP contribution in [0.4, 0.5) is 11.5 Å². The molecule has 0 aliphatic rings. The number of ether oxygens (including phenoxy) is 1. The van der Waals surface area contributed by atoms with Gasteiger partial charge in [0.05, 0.1) is 0 Å². The molecule has 0 bridgehead atoms. The fourth-order valence-electron chi connectivity index (χ4n) is 3.06. The number of aliphatic hydroxyl groups is 2. The van der Waals surface area contributed by atoms with Gasteiger partial charge in [0.15, 0.2) is 0 Å².